The van der Waals surface area contributed by atoms with Gasteiger partial charge in [-0.1, -0.05) is 0 Å². The summed E-state index contributed by atoms with van der Waals surface area (Å²) in [6.07, 6.45) is 2.41. The predicted molar refractivity (Wildman–Crippen MR) is 127 cm³/mol. The molecular formula is C21H21Br2N3O4S. The minimum absolute atomic E-state index is 0.00586. The van der Waals surface area contributed by atoms with Crippen LogP contribution in [0.2, 0.25) is 0 Å². The standard InChI is InChI=1S/C21H21Br2N3O4S/c22-14-12-13(2-3-15(14)26-9-11-30-10-6-18(26)27)24-20(29)21(7-1-8-21)25-19(28)16-4-5-17(23)31-16/h2-5,12H,1,6-11H2,(H,24,29)(H,25,28). The molecule has 31 heavy (non-hydrogen) atoms. The molecule has 2 heterocycles. The molecular weight excluding hydrogens is 550 g/mol. The molecule has 10 heteroatoms. The van der Waals surface area contributed by atoms with Gasteiger partial charge in [0, 0.05) is 16.7 Å². The van der Waals surface area contributed by atoms with E-state index in [4.69, 9.17) is 4.74 Å². The van der Waals surface area contributed by atoms with Crippen molar-refractivity contribution in [3.05, 3.63) is 43.5 Å². The maximum atomic E-state index is 13.1. The molecule has 1 aliphatic carbocycles. The lowest BCUT2D eigenvalue weighted by molar-refractivity contribution is -0.125. The summed E-state index contributed by atoms with van der Waals surface area (Å²) in [5.41, 5.74) is 0.429. The van der Waals surface area contributed by atoms with E-state index >= 15 is 0 Å². The number of carbonyl (C=O) groups is 3. The molecule has 4 rings (SSSR count). The van der Waals surface area contributed by atoms with E-state index < -0.39 is 5.54 Å². The van der Waals surface area contributed by atoms with Crippen LogP contribution in [0.5, 0.6) is 0 Å². The van der Waals surface area contributed by atoms with Crippen molar-refractivity contribution in [1.82, 2.24) is 5.32 Å². The number of hydrogen-bond donors (Lipinski definition) is 2. The third kappa shape index (κ3) is 4.87. The van der Waals surface area contributed by atoms with Crippen LogP contribution in [0.4, 0.5) is 11.4 Å². The fraction of sp³-hybridized carbons (Fsp3) is 0.381. The summed E-state index contributed by atoms with van der Waals surface area (Å²) < 4.78 is 6.95. The van der Waals surface area contributed by atoms with Crippen molar-refractivity contribution in [2.75, 3.05) is 30.0 Å². The van der Waals surface area contributed by atoms with Crippen LogP contribution in [0.3, 0.4) is 0 Å². The number of anilines is 2. The van der Waals surface area contributed by atoms with E-state index in [2.05, 4.69) is 42.5 Å². The zero-order valence-electron chi connectivity index (χ0n) is 16.6. The van der Waals surface area contributed by atoms with Crippen molar-refractivity contribution < 1.29 is 19.1 Å². The van der Waals surface area contributed by atoms with Gasteiger partial charge in [0.25, 0.3) is 5.91 Å². The molecule has 2 aliphatic rings. The second-order valence-electron chi connectivity index (χ2n) is 7.52. The van der Waals surface area contributed by atoms with E-state index in [1.807, 2.05) is 6.07 Å². The second-order valence-corrected chi connectivity index (χ2v) is 10.8. The van der Waals surface area contributed by atoms with Gasteiger partial charge in [0.2, 0.25) is 11.8 Å². The fourth-order valence-electron chi connectivity index (χ4n) is 3.64. The smallest absolute Gasteiger partial charge is 0.262 e. The maximum Gasteiger partial charge on any atom is 0.262 e. The first-order valence-corrected chi connectivity index (χ1v) is 12.4. The Bertz CT molecular complexity index is 1020. The molecule has 164 valence electrons. The summed E-state index contributed by atoms with van der Waals surface area (Å²) in [4.78, 5) is 40.2. The number of carbonyl (C=O) groups excluding carboxylic acids is 3. The number of hydrogen-bond acceptors (Lipinski definition) is 5. The summed E-state index contributed by atoms with van der Waals surface area (Å²) in [7, 11) is 0. The lowest BCUT2D eigenvalue weighted by Gasteiger charge is -2.40. The molecule has 1 saturated carbocycles. The van der Waals surface area contributed by atoms with Gasteiger partial charge in [-0.3, -0.25) is 14.4 Å². The summed E-state index contributed by atoms with van der Waals surface area (Å²) >= 11 is 8.21. The molecule has 1 aromatic heterocycles. The van der Waals surface area contributed by atoms with Crippen LogP contribution in [-0.4, -0.2) is 43.0 Å². The van der Waals surface area contributed by atoms with Crippen LogP contribution >= 0.6 is 43.2 Å². The average Bonchev–Trinajstić information content (AvgIpc) is 3.03. The van der Waals surface area contributed by atoms with Crippen LogP contribution in [0, 0.1) is 0 Å². The third-order valence-corrected chi connectivity index (χ3v) is 7.77. The van der Waals surface area contributed by atoms with Gasteiger partial charge in [0.15, 0.2) is 0 Å². The van der Waals surface area contributed by atoms with Crippen molar-refractivity contribution in [2.45, 2.75) is 31.2 Å². The molecule has 0 spiro atoms. The van der Waals surface area contributed by atoms with Gasteiger partial charge in [-0.2, -0.15) is 0 Å². The van der Waals surface area contributed by atoms with Crippen molar-refractivity contribution in [3.63, 3.8) is 0 Å². The van der Waals surface area contributed by atoms with Crippen molar-refractivity contribution >= 4 is 72.3 Å². The molecule has 2 fully saturated rings. The van der Waals surface area contributed by atoms with E-state index in [-0.39, 0.29) is 17.7 Å². The van der Waals surface area contributed by atoms with E-state index in [0.717, 1.165) is 15.9 Å². The first-order valence-electron chi connectivity index (χ1n) is 9.95. The molecule has 1 aliphatic heterocycles. The number of nitrogens with one attached hydrogen (secondary N) is 2. The Kier molecular flexibility index (Phi) is 6.80. The fourth-order valence-corrected chi connectivity index (χ4v) is 5.51. The molecule has 7 nitrogen and oxygen atoms in total. The molecule has 3 amide bonds. The summed E-state index contributed by atoms with van der Waals surface area (Å²) in [6.45, 7) is 1.40. The zero-order chi connectivity index (χ0) is 22.0. The monoisotopic (exact) mass is 569 g/mol. The van der Waals surface area contributed by atoms with Gasteiger partial charge in [0.05, 0.1) is 34.0 Å². The van der Waals surface area contributed by atoms with Gasteiger partial charge in [-0.25, -0.2) is 0 Å². The van der Waals surface area contributed by atoms with Gasteiger partial charge in [-0.05, 0) is 81.5 Å². The summed E-state index contributed by atoms with van der Waals surface area (Å²) in [5.74, 6) is -0.475. The Morgan fingerprint density at radius 1 is 1.13 bits per heavy atom. The molecule has 2 N–H and O–H groups in total. The number of ether oxygens (including phenoxy) is 1. The predicted octanol–water partition coefficient (Wildman–Crippen LogP) is 4.32. The summed E-state index contributed by atoms with van der Waals surface area (Å²) in [6, 6.07) is 8.89. The molecule has 0 atom stereocenters. The van der Waals surface area contributed by atoms with Crippen LogP contribution in [0.25, 0.3) is 0 Å². The van der Waals surface area contributed by atoms with E-state index in [1.54, 1.807) is 29.2 Å². The van der Waals surface area contributed by atoms with Crippen molar-refractivity contribution in [1.29, 1.82) is 0 Å². The average molecular weight is 571 g/mol. The molecule has 1 saturated heterocycles. The Balaban J connectivity index is 1.46. The zero-order valence-corrected chi connectivity index (χ0v) is 20.6. The van der Waals surface area contributed by atoms with Crippen LogP contribution in [0.15, 0.2) is 38.6 Å². The number of amides is 3. The minimum atomic E-state index is -0.906. The minimum Gasteiger partial charge on any atom is -0.379 e. The molecule has 2 aromatic rings. The van der Waals surface area contributed by atoms with Gasteiger partial charge in [-0.15, -0.1) is 11.3 Å². The van der Waals surface area contributed by atoms with Crippen LogP contribution < -0.4 is 15.5 Å². The largest absolute Gasteiger partial charge is 0.379 e. The number of halogens is 2. The van der Waals surface area contributed by atoms with Crippen molar-refractivity contribution in [3.8, 4) is 0 Å². The van der Waals surface area contributed by atoms with Gasteiger partial charge in [0.1, 0.15) is 5.54 Å². The Labute approximate surface area is 200 Å². The number of nitrogens with zero attached hydrogens (tertiary/aromatic N) is 1. The highest BCUT2D eigenvalue weighted by Gasteiger charge is 2.45. The number of thiophene rings is 1. The highest BCUT2D eigenvalue weighted by molar-refractivity contribution is 9.11. The molecule has 0 bridgehead atoms. The highest BCUT2D eigenvalue weighted by atomic mass is 79.9. The first kappa shape index (κ1) is 22.4. The first-order chi connectivity index (χ1) is 14.9. The SMILES string of the molecule is O=C(NC1(C(=O)Nc2ccc(N3CCOCCC3=O)c(Br)c2)CCC1)c1ccc(Br)s1. The van der Waals surface area contributed by atoms with E-state index in [0.29, 0.717) is 54.1 Å². The van der Waals surface area contributed by atoms with Crippen LogP contribution in [-0.2, 0) is 14.3 Å². The molecule has 0 radical (unpaired) electrons. The highest BCUT2D eigenvalue weighted by Crippen LogP contribution is 2.35. The number of rotatable bonds is 5. The normalized spacial score (nSPS) is 18.1. The lowest BCUT2D eigenvalue weighted by Crippen LogP contribution is -2.61. The second kappa shape index (κ2) is 9.40. The topological polar surface area (TPSA) is 87.7 Å². The van der Waals surface area contributed by atoms with Crippen LogP contribution in [0.1, 0.15) is 35.4 Å². The van der Waals surface area contributed by atoms with E-state index in [1.165, 1.54) is 11.3 Å². The van der Waals surface area contributed by atoms with Gasteiger partial charge < -0.3 is 20.3 Å². The quantitative estimate of drug-likeness (QED) is 0.560. The number of benzene rings is 1. The summed E-state index contributed by atoms with van der Waals surface area (Å²) in [5, 5.41) is 5.85. The van der Waals surface area contributed by atoms with E-state index in [9.17, 15) is 14.4 Å². The lowest BCUT2D eigenvalue weighted by atomic mass is 9.75. The Morgan fingerprint density at radius 3 is 2.58 bits per heavy atom. The molecule has 1 aromatic carbocycles. The Morgan fingerprint density at radius 2 is 1.94 bits per heavy atom. The molecule has 0 unspecified atom stereocenters. The van der Waals surface area contributed by atoms with Crippen molar-refractivity contribution in [2.24, 2.45) is 0 Å². The third-order valence-electron chi connectivity index (χ3n) is 5.51. The maximum absolute atomic E-state index is 13.1. The Hall–Kier alpha value is -1.75. The van der Waals surface area contributed by atoms with Gasteiger partial charge >= 0.3 is 0 Å².